The van der Waals surface area contributed by atoms with Crippen molar-refractivity contribution in [1.82, 2.24) is 0 Å². The number of methoxy groups -OCH3 is 2. The molecule has 1 saturated carbocycles. The van der Waals surface area contributed by atoms with E-state index in [4.69, 9.17) is 18.3 Å². The Hall–Kier alpha value is -4.20. The Labute approximate surface area is 205 Å². The fraction of sp³-hybridized carbons (Fsp3) is 0.286. The van der Waals surface area contributed by atoms with Gasteiger partial charge in [0.1, 0.15) is 34.2 Å². The smallest absolute Gasteiger partial charge is 0.336 e. The molecule has 5 rings (SSSR count). The van der Waals surface area contributed by atoms with Crippen LogP contribution in [0.2, 0.25) is 0 Å². The molecule has 4 aromatic rings. The topological polar surface area (TPSA) is 113 Å². The van der Waals surface area contributed by atoms with Crippen LogP contribution in [0.1, 0.15) is 36.8 Å². The zero-order valence-corrected chi connectivity index (χ0v) is 20.2. The molecule has 2 aromatic heterocycles. The van der Waals surface area contributed by atoms with Crippen LogP contribution in [0.15, 0.2) is 67.0 Å². The molecule has 1 fully saturated rings. The normalized spacial score (nSPS) is 21.2. The standard InChI is InChI=1S/C28H24O8/c1-13(29)21-22(14(2)30)26(24-18(34-4)10-6-16-8-12-20(32)36-28(16)24)25(21)23-17(33-3)9-5-15-7-11-19(31)35-27(15)23/h5-12,21-22,25-26H,1-4H3. The summed E-state index contributed by atoms with van der Waals surface area (Å²) < 4.78 is 22.6. The minimum absolute atomic E-state index is 0.186. The molecule has 8 nitrogen and oxygen atoms in total. The SMILES string of the molecule is COc1ccc2ccc(=O)oc2c1C1C(C(C)=O)C(C(C)=O)C1c1c(OC)ccc2ccc(=O)oc12. The molecule has 0 aliphatic heterocycles. The average Bonchev–Trinajstić information content (AvgIpc) is 2.83. The molecule has 0 spiro atoms. The molecule has 2 heterocycles. The maximum atomic E-state index is 13.0. The molecule has 0 radical (unpaired) electrons. The molecule has 0 N–H and O–H groups in total. The number of benzene rings is 2. The lowest BCUT2D eigenvalue weighted by atomic mass is 9.50. The summed E-state index contributed by atoms with van der Waals surface area (Å²) >= 11 is 0. The van der Waals surface area contributed by atoms with Gasteiger partial charge in [-0.05, 0) is 50.2 Å². The highest BCUT2D eigenvalue weighted by molar-refractivity contribution is 5.95. The Balaban J connectivity index is 1.89. The lowest BCUT2D eigenvalue weighted by Gasteiger charge is -2.50. The predicted molar refractivity (Wildman–Crippen MR) is 132 cm³/mol. The van der Waals surface area contributed by atoms with Crippen LogP contribution in [-0.4, -0.2) is 25.8 Å². The number of hydrogen-bond donors (Lipinski definition) is 0. The van der Waals surface area contributed by atoms with Crippen molar-refractivity contribution in [3.63, 3.8) is 0 Å². The predicted octanol–water partition coefficient (Wildman–Crippen LogP) is 4.21. The summed E-state index contributed by atoms with van der Waals surface area (Å²) in [6, 6.07) is 12.9. The number of hydrogen-bond acceptors (Lipinski definition) is 8. The zero-order valence-electron chi connectivity index (χ0n) is 20.2. The number of rotatable bonds is 6. The summed E-state index contributed by atoms with van der Waals surface area (Å²) in [6.07, 6.45) is 0. The van der Waals surface area contributed by atoms with E-state index < -0.39 is 34.9 Å². The molecule has 0 saturated heterocycles. The first-order valence-corrected chi connectivity index (χ1v) is 11.5. The van der Waals surface area contributed by atoms with Crippen LogP contribution in [-0.2, 0) is 9.59 Å². The van der Waals surface area contributed by atoms with Gasteiger partial charge in [0.05, 0.1) is 14.2 Å². The molecule has 1 aliphatic carbocycles. The number of carbonyl (C=O) groups excluding carboxylic acids is 2. The second kappa shape index (κ2) is 8.78. The van der Waals surface area contributed by atoms with Crippen LogP contribution < -0.4 is 20.7 Å². The van der Waals surface area contributed by atoms with Crippen molar-refractivity contribution in [2.75, 3.05) is 14.2 Å². The van der Waals surface area contributed by atoms with Crippen molar-refractivity contribution < 1.29 is 27.9 Å². The lowest BCUT2D eigenvalue weighted by molar-refractivity contribution is -0.139. The van der Waals surface area contributed by atoms with Crippen LogP contribution in [0.3, 0.4) is 0 Å². The highest BCUT2D eigenvalue weighted by Crippen LogP contribution is 2.63. The number of ketones is 2. The lowest BCUT2D eigenvalue weighted by Crippen LogP contribution is -2.50. The molecule has 8 heteroatoms. The van der Waals surface area contributed by atoms with Crippen LogP contribution >= 0.6 is 0 Å². The van der Waals surface area contributed by atoms with E-state index in [1.807, 2.05) is 0 Å². The van der Waals surface area contributed by atoms with Crippen LogP contribution in [0, 0.1) is 11.8 Å². The van der Waals surface area contributed by atoms with Gasteiger partial charge >= 0.3 is 11.3 Å². The molecule has 4 atom stereocenters. The zero-order chi connectivity index (χ0) is 25.7. The Morgan fingerprint density at radius 1 is 0.639 bits per heavy atom. The molecule has 1 aliphatic rings. The van der Waals surface area contributed by atoms with Crippen molar-refractivity contribution in [3.05, 3.63) is 80.5 Å². The Bertz CT molecular complexity index is 1520. The first-order valence-electron chi connectivity index (χ1n) is 11.5. The third kappa shape index (κ3) is 3.52. The van der Waals surface area contributed by atoms with Gasteiger partial charge in [-0.3, -0.25) is 9.59 Å². The average molecular weight is 488 g/mol. The van der Waals surface area contributed by atoms with Crippen LogP contribution in [0.4, 0.5) is 0 Å². The molecule has 0 amide bonds. The number of carbonyl (C=O) groups is 2. The number of Topliss-reactive ketones (excluding diaryl/α,β-unsaturated/α-hetero) is 2. The van der Waals surface area contributed by atoms with E-state index in [2.05, 4.69) is 0 Å². The van der Waals surface area contributed by atoms with Gasteiger partial charge in [0.2, 0.25) is 0 Å². The number of fused-ring (bicyclic) bond motifs is 2. The first-order chi connectivity index (χ1) is 17.3. The van der Waals surface area contributed by atoms with Gasteiger partial charge in [-0.25, -0.2) is 9.59 Å². The maximum Gasteiger partial charge on any atom is 0.336 e. The molecule has 2 aromatic carbocycles. The Morgan fingerprint density at radius 2 is 1.00 bits per heavy atom. The molecule has 4 unspecified atom stereocenters. The van der Waals surface area contributed by atoms with Crippen molar-refractivity contribution in [2.24, 2.45) is 11.8 Å². The van der Waals surface area contributed by atoms with E-state index in [0.717, 1.165) is 0 Å². The van der Waals surface area contributed by atoms with E-state index >= 15 is 0 Å². The van der Waals surface area contributed by atoms with E-state index in [9.17, 15) is 19.2 Å². The van der Waals surface area contributed by atoms with Gasteiger partial charge < -0.3 is 18.3 Å². The number of ether oxygens (including phenoxy) is 2. The minimum atomic E-state index is -0.715. The van der Waals surface area contributed by atoms with Gasteiger partial charge in [0.25, 0.3) is 0 Å². The highest BCUT2D eigenvalue weighted by atomic mass is 16.5. The molecule has 36 heavy (non-hydrogen) atoms. The van der Waals surface area contributed by atoms with Crippen molar-refractivity contribution in [1.29, 1.82) is 0 Å². The summed E-state index contributed by atoms with van der Waals surface area (Å²) in [5.74, 6) is -2.21. The second-order valence-corrected chi connectivity index (χ2v) is 9.03. The second-order valence-electron chi connectivity index (χ2n) is 9.03. The quantitative estimate of drug-likeness (QED) is 0.371. The summed E-state index contributed by atoms with van der Waals surface area (Å²) in [5.41, 5.74) is 0.477. The van der Waals surface area contributed by atoms with Gasteiger partial charge in [-0.15, -0.1) is 0 Å². The third-order valence-corrected chi connectivity index (χ3v) is 7.17. The fourth-order valence-corrected chi connectivity index (χ4v) is 5.74. The van der Waals surface area contributed by atoms with E-state index in [1.165, 1.54) is 40.2 Å². The Kier molecular flexibility index (Phi) is 5.74. The summed E-state index contributed by atoms with van der Waals surface area (Å²) in [4.78, 5) is 50.4. The van der Waals surface area contributed by atoms with E-state index in [-0.39, 0.29) is 22.7 Å². The van der Waals surface area contributed by atoms with Crippen LogP contribution in [0.25, 0.3) is 21.9 Å². The molecular formula is C28H24O8. The first kappa shape index (κ1) is 23.5. The van der Waals surface area contributed by atoms with Gasteiger partial charge in [0.15, 0.2) is 0 Å². The van der Waals surface area contributed by atoms with E-state index in [1.54, 1.807) is 36.4 Å². The van der Waals surface area contributed by atoms with Crippen molar-refractivity contribution in [3.8, 4) is 11.5 Å². The van der Waals surface area contributed by atoms with Crippen molar-refractivity contribution in [2.45, 2.75) is 25.7 Å². The largest absolute Gasteiger partial charge is 0.496 e. The maximum absolute atomic E-state index is 13.0. The summed E-state index contributed by atoms with van der Waals surface area (Å²) in [6.45, 7) is 2.89. The van der Waals surface area contributed by atoms with Gasteiger partial charge in [-0.2, -0.15) is 0 Å². The van der Waals surface area contributed by atoms with Gasteiger partial charge in [0, 0.05) is 57.7 Å². The molecule has 0 bridgehead atoms. The Morgan fingerprint density at radius 3 is 1.33 bits per heavy atom. The summed E-state index contributed by atoms with van der Waals surface area (Å²) in [7, 11) is 2.98. The van der Waals surface area contributed by atoms with E-state index in [0.29, 0.717) is 33.4 Å². The van der Waals surface area contributed by atoms with Crippen molar-refractivity contribution >= 4 is 33.5 Å². The fourth-order valence-electron chi connectivity index (χ4n) is 5.74. The molecule has 184 valence electrons. The van der Waals surface area contributed by atoms with Gasteiger partial charge in [-0.1, -0.05) is 0 Å². The highest BCUT2D eigenvalue weighted by Gasteiger charge is 2.58. The van der Waals surface area contributed by atoms with Crippen LogP contribution in [0.5, 0.6) is 11.5 Å². The summed E-state index contributed by atoms with van der Waals surface area (Å²) in [5, 5.41) is 1.29. The monoisotopic (exact) mass is 488 g/mol. The molecular weight excluding hydrogens is 464 g/mol. The minimum Gasteiger partial charge on any atom is -0.496 e. The third-order valence-electron chi connectivity index (χ3n) is 7.17.